The fraction of sp³-hybridized carbons (Fsp3) is 0.0556. The third-order valence-corrected chi connectivity index (χ3v) is 4.19. The van der Waals surface area contributed by atoms with Crippen molar-refractivity contribution < 1.29 is 4.92 Å². The van der Waals surface area contributed by atoms with Gasteiger partial charge < -0.3 is 11.1 Å². The normalized spacial score (nSPS) is 10.8. The van der Waals surface area contributed by atoms with Crippen LogP contribution in [0.15, 0.2) is 63.6 Å². The van der Waals surface area contributed by atoms with Crippen molar-refractivity contribution in [2.45, 2.75) is 6.92 Å². The number of aromatic amines is 1. The minimum absolute atomic E-state index is 0.0337. The zero-order valence-electron chi connectivity index (χ0n) is 15.5. The van der Waals surface area contributed by atoms with Crippen molar-refractivity contribution in [3.8, 4) is 11.3 Å². The number of anilines is 1. The monoisotopic (exact) mass is 441 g/mol. The van der Waals surface area contributed by atoms with Crippen LogP contribution in [0.5, 0.6) is 0 Å². The van der Waals surface area contributed by atoms with Crippen molar-refractivity contribution in [2.24, 2.45) is 16.0 Å². The van der Waals surface area contributed by atoms with Gasteiger partial charge in [0.1, 0.15) is 0 Å². The van der Waals surface area contributed by atoms with Gasteiger partial charge in [0.25, 0.3) is 5.69 Å². The molecule has 0 aliphatic rings. The fourth-order valence-corrected chi connectivity index (χ4v) is 2.80. The van der Waals surface area contributed by atoms with Gasteiger partial charge >= 0.3 is 5.56 Å². The second-order valence-corrected chi connectivity index (χ2v) is 7.08. The molecule has 12 heteroatoms. The molecule has 0 unspecified atom stereocenters. The van der Waals surface area contributed by atoms with Crippen LogP contribution in [0.1, 0.15) is 6.92 Å². The molecule has 1 aromatic heterocycles. The largest absolute Gasteiger partial charge is 0.374 e. The van der Waals surface area contributed by atoms with E-state index in [4.69, 9.17) is 30.2 Å². The molecule has 0 amide bonds. The summed E-state index contributed by atoms with van der Waals surface area (Å²) in [4.78, 5) is 23.6. The maximum Gasteiger partial charge on any atom is 0.301 e. The van der Waals surface area contributed by atoms with E-state index in [0.717, 1.165) is 10.4 Å². The molecule has 0 bridgehead atoms. The van der Waals surface area contributed by atoms with Crippen LogP contribution in [0.25, 0.3) is 11.3 Å². The Balaban J connectivity index is 2.00. The number of hydrogen-bond acceptors (Lipinski definition) is 7. The number of thiocarbonyl (C=S) groups is 2. The fourth-order valence-electron chi connectivity index (χ4n) is 2.55. The van der Waals surface area contributed by atoms with Gasteiger partial charge in [-0.2, -0.15) is 9.80 Å². The summed E-state index contributed by atoms with van der Waals surface area (Å²) >= 11 is 9.88. The Morgan fingerprint density at radius 3 is 2.30 bits per heavy atom. The van der Waals surface area contributed by atoms with Crippen LogP contribution in [0.2, 0.25) is 0 Å². The number of nitro benzene ring substituents is 1. The van der Waals surface area contributed by atoms with E-state index in [1.165, 1.54) is 24.3 Å². The van der Waals surface area contributed by atoms with Gasteiger partial charge in [0.05, 0.1) is 21.3 Å². The Hall–Kier alpha value is -3.77. The molecule has 30 heavy (non-hydrogen) atoms. The van der Waals surface area contributed by atoms with E-state index in [2.05, 4.69) is 20.6 Å². The first kappa shape index (κ1) is 21.0. The smallest absolute Gasteiger partial charge is 0.301 e. The van der Waals surface area contributed by atoms with Crippen molar-refractivity contribution in [1.29, 1.82) is 0 Å². The highest BCUT2D eigenvalue weighted by Gasteiger charge is 2.18. The summed E-state index contributed by atoms with van der Waals surface area (Å²) in [5.74, 6) is 0. The Bertz CT molecular complexity index is 1210. The molecule has 4 N–H and O–H groups in total. The van der Waals surface area contributed by atoms with E-state index in [1.807, 2.05) is 0 Å². The number of hydrogen-bond donors (Lipinski definition) is 3. The van der Waals surface area contributed by atoms with Crippen LogP contribution < -0.4 is 16.6 Å². The van der Waals surface area contributed by atoms with Crippen LogP contribution in [-0.4, -0.2) is 24.8 Å². The molecule has 3 aromatic rings. The summed E-state index contributed by atoms with van der Waals surface area (Å²) in [6.45, 7) is 1.77. The Morgan fingerprint density at radius 1 is 1.13 bits per heavy atom. The van der Waals surface area contributed by atoms with Gasteiger partial charge in [0.2, 0.25) is 0 Å². The van der Waals surface area contributed by atoms with Crippen molar-refractivity contribution in [1.82, 2.24) is 9.78 Å². The quantitative estimate of drug-likeness (QED) is 0.235. The van der Waals surface area contributed by atoms with Gasteiger partial charge in [-0.15, -0.1) is 5.11 Å². The second kappa shape index (κ2) is 8.71. The minimum atomic E-state index is -0.589. The number of nitrogens with two attached hydrogens (primary N) is 1. The second-order valence-electron chi connectivity index (χ2n) is 6.05. The molecule has 0 spiro atoms. The summed E-state index contributed by atoms with van der Waals surface area (Å²) in [6.07, 6.45) is 0. The number of nitrogens with zero attached hydrogens (tertiary/aromatic N) is 4. The number of nitro groups is 1. The molecule has 10 nitrogen and oxygen atoms in total. The molecule has 0 saturated heterocycles. The summed E-state index contributed by atoms with van der Waals surface area (Å²) in [7, 11) is 0. The molecule has 0 fully saturated rings. The van der Waals surface area contributed by atoms with E-state index < -0.39 is 10.5 Å². The van der Waals surface area contributed by atoms with Crippen LogP contribution in [0.4, 0.5) is 22.7 Å². The molecule has 152 valence electrons. The molecule has 0 saturated carbocycles. The third kappa shape index (κ3) is 4.61. The Kier molecular flexibility index (Phi) is 6.09. The summed E-state index contributed by atoms with van der Waals surface area (Å²) < 4.78 is 0.954. The first-order valence-electron chi connectivity index (χ1n) is 8.45. The van der Waals surface area contributed by atoms with E-state index in [-0.39, 0.29) is 22.2 Å². The van der Waals surface area contributed by atoms with E-state index in [0.29, 0.717) is 16.2 Å². The molecular formula is C18H15N7O3S2. The Labute approximate surface area is 180 Å². The predicted octanol–water partition coefficient (Wildman–Crippen LogP) is 4.02. The summed E-state index contributed by atoms with van der Waals surface area (Å²) in [5.41, 5.74) is 6.94. The van der Waals surface area contributed by atoms with Crippen LogP contribution >= 0.6 is 24.4 Å². The number of azo groups is 1. The molecule has 2 aromatic carbocycles. The third-order valence-electron chi connectivity index (χ3n) is 3.91. The topological polar surface area (TPSA) is 144 Å². The maximum atomic E-state index is 12.7. The van der Waals surface area contributed by atoms with Crippen molar-refractivity contribution in [3.63, 3.8) is 0 Å². The molecule has 0 atom stereocenters. The number of rotatable bonds is 5. The predicted molar refractivity (Wildman–Crippen MR) is 122 cm³/mol. The number of H-pyrrole nitrogens is 1. The number of non-ortho nitro benzene ring substituents is 1. The number of benzene rings is 2. The number of aromatic nitrogens is 2. The van der Waals surface area contributed by atoms with Gasteiger partial charge in [-0.1, -0.05) is 12.2 Å². The van der Waals surface area contributed by atoms with Crippen LogP contribution in [0, 0.1) is 10.1 Å². The lowest BCUT2D eigenvalue weighted by Crippen LogP contribution is -2.29. The highest BCUT2D eigenvalue weighted by molar-refractivity contribution is 7.80. The van der Waals surface area contributed by atoms with Gasteiger partial charge in [0, 0.05) is 23.4 Å². The van der Waals surface area contributed by atoms with Gasteiger partial charge in [-0.05, 0) is 55.5 Å². The zero-order valence-corrected chi connectivity index (χ0v) is 17.2. The average Bonchev–Trinajstić information content (AvgIpc) is 3.03. The number of nitrogens with one attached hydrogen (secondary N) is 2. The molecule has 3 rings (SSSR count). The SMILES string of the molecule is CC(=S)Nc1ccc(N=Nc2c(-c3ccc([N+](=O)[O-])cc3)[nH]n(C(N)=S)c2=O)cc1. The first-order chi connectivity index (χ1) is 14.3. The van der Waals surface area contributed by atoms with Crippen LogP contribution in [-0.2, 0) is 0 Å². The van der Waals surface area contributed by atoms with Gasteiger partial charge in [0.15, 0.2) is 10.8 Å². The molecule has 1 heterocycles. The van der Waals surface area contributed by atoms with E-state index >= 15 is 0 Å². The molecule has 0 aliphatic heterocycles. The maximum absolute atomic E-state index is 12.7. The highest BCUT2D eigenvalue weighted by Crippen LogP contribution is 2.29. The first-order valence-corrected chi connectivity index (χ1v) is 9.27. The van der Waals surface area contributed by atoms with Gasteiger partial charge in [-0.3, -0.25) is 20.0 Å². The average molecular weight is 441 g/mol. The lowest BCUT2D eigenvalue weighted by Gasteiger charge is -2.03. The van der Waals surface area contributed by atoms with E-state index in [1.54, 1.807) is 31.2 Å². The van der Waals surface area contributed by atoms with E-state index in [9.17, 15) is 14.9 Å². The molecule has 0 radical (unpaired) electrons. The minimum Gasteiger partial charge on any atom is -0.374 e. The zero-order chi connectivity index (χ0) is 21.8. The Morgan fingerprint density at radius 2 is 1.77 bits per heavy atom. The van der Waals surface area contributed by atoms with Crippen molar-refractivity contribution in [3.05, 3.63) is 69.0 Å². The van der Waals surface area contributed by atoms with Crippen molar-refractivity contribution in [2.75, 3.05) is 5.32 Å². The lowest BCUT2D eigenvalue weighted by atomic mass is 10.1. The highest BCUT2D eigenvalue weighted by atomic mass is 32.1. The standard InChI is InChI=1S/C18H15N7O3S2/c1-10(29)20-12-4-6-13(7-5-12)21-22-16-15(23-24(17(16)26)18(19)30)11-2-8-14(9-3-11)25(27)28/h2-9,23H,1H3,(H2,19,30)(H,20,29). The molecular weight excluding hydrogens is 426 g/mol. The van der Waals surface area contributed by atoms with Crippen molar-refractivity contribution >= 4 is 57.3 Å². The molecule has 0 aliphatic carbocycles. The van der Waals surface area contributed by atoms with Crippen LogP contribution in [0.3, 0.4) is 0 Å². The van der Waals surface area contributed by atoms with Gasteiger partial charge in [-0.25, -0.2) is 0 Å². The summed E-state index contributed by atoms with van der Waals surface area (Å²) in [5, 5.41) is 24.6. The summed E-state index contributed by atoms with van der Waals surface area (Å²) in [6, 6.07) is 12.6. The lowest BCUT2D eigenvalue weighted by molar-refractivity contribution is -0.384.